The molecule has 16 heavy (non-hydrogen) atoms. The first-order valence-corrected chi connectivity index (χ1v) is 5.95. The number of allylic oxidation sites excluding steroid dienone is 1. The normalized spacial score (nSPS) is 12.3. The highest BCUT2D eigenvalue weighted by molar-refractivity contribution is 5.88. The minimum absolute atomic E-state index is 0.0865. The van der Waals surface area contributed by atoms with E-state index in [9.17, 15) is 4.79 Å². The molecule has 0 radical (unpaired) electrons. The van der Waals surface area contributed by atoms with E-state index in [1.54, 1.807) is 0 Å². The van der Waals surface area contributed by atoms with Crippen molar-refractivity contribution in [2.75, 3.05) is 13.2 Å². The Balaban J connectivity index is 4.39. The third-order valence-corrected chi connectivity index (χ3v) is 1.90. The van der Waals surface area contributed by atoms with E-state index >= 15 is 0 Å². The van der Waals surface area contributed by atoms with Crippen molar-refractivity contribution in [1.29, 1.82) is 0 Å². The first-order chi connectivity index (χ1) is 7.47. The van der Waals surface area contributed by atoms with Crippen molar-refractivity contribution in [2.45, 2.75) is 47.1 Å². The van der Waals surface area contributed by atoms with Gasteiger partial charge < -0.3 is 9.47 Å². The van der Waals surface area contributed by atoms with E-state index < -0.39 is 0 Å². The maximum Gasteiger partial charge on any atom is 0.336 e. The zero-order valence-electron chi connectivity index (χ0n) is 11.1. The van der Waals surface area contributed by atoms with E-state index in [1.165, 1.54) is 0 Å². The third-order valence-electron chi connectivity index (χ3n) is 1.90. The van der Waals surface area contributed by atoms with Crippen LogP contribution in [0, 0.1) is 5.92 Å². The Morgan fingerprint density at radius 2 is 1.88 bits per heavy atom. The summed E-state index contributed by atoms with van der Waals surface area (Å²) >= 11 is 0. The summed E-state index contributed by atoms with van der Waals surface area (Å²) in [6.07, 6.45) is 2.71. The molecule has 0 saturated heterocycles. The van der Waals surface area contributed by atoms with E-state index in [0.29, 0.717) is 24.7 Å². The van der Waals surface area contributed by atoms with E-state index in [-0.39, 0.29) is 12.1 Å². The zero-order valence-corrected chi connectivity index (χ0v) is 11.1. The van der Waals surface area contributed by atoms with Crippen LogP contribution in [0.15, 0.2) is 11.6 Å². The van der Waals surface area contributed by atoms with Gasteiger partial charge in [0.25, 0.3) is 0 Å². The fraction of sp³-hybridized carbons (Fsp3) is 0.769. The van der Waals surface area contributed by atoms with E-state index in [4.69, 9.17) is 9.47 Å². The first-order valence-electron chi connectivity index (χ1n) is 5.95. The lowest BCUT2D eigenvalue weighted by Crippen LogP contribution is -2.17. The largest absolute Gasteiger partial charge is 0.460 e. The SMILES string of the molecule is CCOCC(=CCC(C)C)C(=O)OC(C)C. The summed E-state index contributed by atoms with van der Waals surface area (Å²) in [6.45, 7) is 10.8. The van der Waals surface area contributed by atoms with E-state index in [1.807, 2.05) is 26.8 Å². The van der Waals surface area contributed by atoms with E-state index in [0.717, 1.165) is 6.42 Å². The second-order valence-electron chi connectivity index (χ2n) is 4.45. The third kappa shape index (κ3) is 7.46. The summed E-state index contributed by atoms with van der Waals surface area (Å²) in [5.74, 6) is 0.271. The molecule has 0 bridgehead atoms. The molecule has 0 atom stereocenters. The fourth-order valence-electron chi connectivity index (χ4n) is 1.08. The van der Waals surface area contributed by atoms with Gasteiger partial charge in [-0.25, -0.2) is 4.79 Å². The smallest absolute Gasteiger partial charge is 0.336 e. The van der Waals surface area contributed by atoms with Crippen molar-refractivity contribution in [3.05, 3.63) is 11.6 Å². The molecule has 0 aliphatic carbocycles. The Hall–Kier alpha value is -0.830. The van der Waals surface area contributed by atoms with Crippen LogP contribution in [0.3, 0.4) is 0 Å². The van der Waals surface area contributed by atoms with Crippen molar-refractivity contribution < 1.29 is 14.3 Å². The summed E-state index contributed by atoms with van der Waals surface area (Å²) < 4.78 is 10.4. The van der Waals surface area contributed by atoms with Crippen LogP contribution in [0.25, 0.3) is 0 Å². The molecule has 0 aliphatic rings. The molecular formula is C13H24O3. The van der Waals surface area contributed by atoms with Gasteiger partial charge in [0.2, 0.25) is 0 Å². The number of ether oxygens (including phenoxy) is 2. The number of carbonyl (C=O) groups excluding carboxylic acids is 1. The van der Waals surface area contributed by atoms with Crippen molar-refractivity contribution in [3.8, 4) is 0 Å². The van der Waals surface area contributed by atoms with Crippen molar-refractivity contribution in [1.82, 2.24) is 0 Å². The van der Waals surface area contributed by atoms with Crippen LogP contribution in [0.5, 0.6) is 0 Å². The summed E-state index contributed by atoms with van der Waals surface area (Å²) in [5, 5.41) is 0. The zero-order chi connectivity index (χ0) is 12.6. The monoisotopic (exact) mass is 228 g/mol. The summed E-state index contributed by atoms with van der Waals surface area (Å²) in [7, 11) is 0. The number of rotatable bonds is 7. The van der Waals surface area contributed by atoms with Gasteiger partial charge in [0, 0.05) is 6.61 Å². The van der Waals surface area contributed by atoms with Gasteiger partial charge >= 0.3 is 5.97 Å². The van der Waals surface area contributed by atoms with Crippen LogP contribution in [0.4, 0.5) is 0 Å². The van der Waals surface area contributed by atoms with Crippen LogP contribution in [-0.2, 0) is 14.3 Å². The van der Waals surface area contributed by atoms with Gasteiger partial charge in [-0.2, -0.15) is 0 Å². The average molecular weight is 228 g/mol. The van der Waals surface area contributed by atoms with Crippen LogP contribution >= 0.6 is 0 Å². The number of esters is 1. The fourth-order valence-corrected chi connectivity index (χ4v) is 1.08. The first kappa shape index (κ1) is 15.2. The second-order valence-corrected chi connectivity index (χ2v) is 4.45. The number of hydrogen-bond acceptors (Lipinski definition) is 3. The minimum Gasteiger partial charge on any atom is -0.460 e. The molecule has 0 rings (SSSR count). The predicted octanol–water partition coefficient (Wildman–Crippen LogP) is 2.95. The molecular weight excluding hydrogens is 204 g/mol. The van der Waals surface area contributed by atoms with Gasteiger partial charge in [0.1, 0.15) is 0 Å². The Labute approximate surface area is 98.8 Å². The van der Waals surface area contributed by atoms with Gasteiger partial charge in [-0.1, -0.05) is 19.9 Å². The van der Waals surface area contributed by atoms with Crippen molar-refractivity contribution in [2.24, 2.45) is 5.92 Å². The quantitative estimate of drug-likeness (QED) is 0.496. The summed E-state index contributed by atoms with van der Waals surface area (Å²) in [4.78, 5) is 11.7. The van der Waals surface area contributed by atoms with Gasteiger partial charge in [-0.05, 0) is 33.1 Å². The molecule has 0 aliphatic heterocycles. The topological polar surface area (TPSA) is 35.5 Å². The van der Waals surface area contributed by atoms with Gasteiger partial charge in [0.15, 0.2) is 0 Å². The highest BCUT2D eigenvalue weighted by atomic mass is 16.5. The van der Waals surface area contributed by atoms with E-state index in [2.05, 4.69) is 13.8 Å². The molecule has 0 unspecified atom stereocenters. The molecule has 0 heterocycles. The van der Waals surface area contributed by atoms with Crippen molar-refractivity contribution >= 4 is 5.97 Å². The van der Waals surface area contributed by atoms with Gasteiger partial charge in [-0.15, -0.1) is 0 Å². The molecule has 0 spiro atoms. The van der Waals surface area contributed by atoms with Crippen LogP contribution < -0.4 is 0 Å². The Morgan fingerprint density at radius 3 is 2.31 bits per heavy atom. The maximum absolute atomic E-state index is 11.7. The molecule has 0 amide bonds. The van der Waals surface area contributed by atoms with Gasteiger partial charge in [0.05, 0.1) is 18.3 Å². The van der Waals surface area contributed by atoms with Crippen LogP contribution in [0.2, 0.25) is 0 Å². The molecule has 0 fully saturated rings. The predicted molar refractivity (Wildman–Crippen MR) is 65.3 cm³/mol. The Bertz CT molecular complexity index is 229. The molecule has 94 valence electrons. The lowest BCUT2D eigenvalue weighted by Gasteiger charge is -2.11. The highest BCUT2D eigenvalue weighted by Gasteiger charge is 2.12. The second kappa shape index (κ2) is 8.34. The Kier molecular flexibility index (Phi) is 7.90. The average Bonchev–Trinajstić information content (AvgIpc) is 2.16. The molecule has 0 N–H and O–H groups in total. The van der Waals surface area contributed by atoms with Crippen LogP contribution in [-0.4, -0.2) is 25.3 Å². The molecule has 0 aromatic carbocycles. The lowest BCUT2D eigenvalue weighted by atomic mass is 10.1. The number of carbonyl (C=O) groups is 1. The van der Waals surface area contributed by atoms with Crippen LogP contribution in [0.1, 0.15) is 41.0 Å². The number of hydrogen-bond donors (Lipinski definition) is 0. The molecule has 3 nitrogen and oxygen atoms in total. The van der Waals surface area contributed by atoms with Gasteiger partial charge in [-0.3, -0.25) is 0 Å². The molecule has 0 aromatic heterocycles. The Morgan fingerprint density at radius 1 is 1.25 bits per heavy atom. The van der Waals surface area contributed by atoms with Crippen molar-refractivity contribution in [3.63, 3.8) is 0 Å². The molecule has 0 saturated carbocycles. The molecule has 0 aromatic rings. The highest BCUT2D eigenvalue weighted by Crippen LogP contribution is 2.08. The summed E-state index contributed by atoms with van der Waals surface area (Å²) in [6, 6.07) is 0. The summed E-state index contributed by atoms with van der Waals surface area (Å²) in [5.41, 5.74) is 0.629. The standard InChI is InChI=1S/C13H24O3/c1-6-15-9-12(8-7-10(2)3)13(14)16-11(4)5/h8,10-11H,6-7,9H2,1-5H3. The maximum atomic E-state index is 11.7. The lowest BCUT2D eigenvalue weighted by molar-refractivity contribution is -0.143. The molecule has 3 heteroatoms. The minimum atomic E-state index is -0.260.